The van der Waals surface area contributed by atoms with Gasteiger partial charge in [-0.05, 0) is 76.4 Å². The molecule has 0 fully saturated rings. The molecule has 0 spiro atoms. The molecule has 0 radical (unpaired) electrons. The average Bonchev–Trinajstić information content (AvgIpc) is 2.68. The average molecular weight is 508 g/mol. The number of amides is 1. The second kappa shape index (κ2) is 9.20. The summed E-state index contributed by atoms with van der Waals surface area (Å²) in [5, 5.41) is 3.29. The van der Waals surface area contributed by atoms with E-state index >= 15 is 0 Å². The van der Waals surface area contributed by atoms with E-state index in [0.717, 1.165) is 15.6 Å². The Hall–Kier alpha value is -2.35. The summed E-state index contributed by atoms with van der Waals surface area (Å²) in [6.45, 7) is 2.09. The molecule has 0 aliphatic carbocycles. The number of rotatable bonds is 6. The minimum Gasteiger partial charge on any atom is -0.322 e. The van der Waals surface area contributed by atoms with Gasteiger partial charge in [0.25, 0.3) is 5.91 Å². The van der Waals surface area contributed by atoms with Crippen molar-refractivity contribution in [1.82, 2.24) is 0 Å². The van der Waals surface area contributed by atoms with Crippen LogP contribution >= 0.6 is 27.5 Å². The third kappa shape index (κ3) is 5.62. The van der Waals surface area contributed by atoms with E-state index in [0.29, 0.717) is 22.0 Å². The van der Waals surface area contributed by atoms with Crippen LogP contribution in [0, 0.1) is 6.92 Å². The second-order valence-corrected chi connectivity index (χ2v) is 10.1. The van der Waals surface area contributed by atoms with Crippen molar-refractivity contribution in [3.8, 4) is 0 Å². The highest BCUT2D eigenvalue weighted by molar-refractivity contribution is 9.10. The van der Waals surface area contributed by atoms with Crippen molar-refractivity contribution < 1.29 is 13.2 Å². The van der Waals surface area contributed by atoms with Gasteiger partial charge in [0.1, 0.15) is 0 Å². The predicted molar refractivity (Wildman–Crippen MR) is 126 cm³/mol. The first kappa shape index (κ1) is 22.3. The Balaban J connectivity index is 1.76. The number of carbonyl (C=O) groups is 1. The Morgan fingerprint density at radius 3 is 2.37 bits per heavy atom. The van der Waals surface area contributed by atoms with Gasteiger partial charge in [-0.3, -0.25) is 9.10 Å². The highest BCUT2D eigenvalue weighted by atomic mass is 79.9. The van der Waals surface area contributed by atoms with E-state index in [1.165, 1.54) is 10.6 Å². The van der Waals surface area contributed by atoms with Crippen molar-refractivity contribution >= 4 is 54.8 Å². The number of aryl methyl sites for hydroxylation is 1. The number of anilines is 2. The molecular weight excluding hydrogens is 488 g/mol. The monoisotopic (exact) mass is 506 g/mol. The molecule has 1 amide bonds. The number of hydrogen-bond acceptors (Lipinski definition) is 3. The highest BCUT2D eigenvalue weighted by Gasteiger charge is 2.18. The van der Waals surface area contributed by atoms with E-state index in [-0.39, 0.29) is 12.5 Å². The van der Waals surface area contributed by atoms with Crippen LogP contribution in [-0.2, 0) is 16.6 Å². The molecule has 3 rings (SSSR count). The van der Waals surface area contributed by atoms with Crippen LogP contribution in [0.4, 0.5) is 11.4 Å². The Morgan fingerprint density at radius 2 is 1.77 bits per heavy atom. The molecule has 0 saturated heterocycles. The summed E-state index contributed by atoms with van der Waals surface area (Å²) in [6.07, 6.45) is 1.18. The molecule has 5 nitrogen and oxygen atoms in total. The zero-order chi connectivity index (χ0) is 21.9. The summed E-state index contributed by atoms with van der Waals surface area (Å²) in [5.41, 5.74) is 3.39. The van der Waals surface area contributed by atoms with Crippen molar-refractivity contribution in [2.75, 3.05) is 15.9 Å². The van der Waals surface area contributed by atoms with Gasteiger partial charge < -0.3 is 5.32 Å². The number of sulfonamides is 1. The van der Waals surface area contributed by atoms with Crippen LogP contribution in [0.25, 0.3) is 0 Å². The molecule has 0 unspecified atom stereocenters. The second-order valence-electron chi connectivity index (χ2n) is 6.89. The Labute approximate surface area is 189 Å². The lowest BCUT2D eigenvalue weighted by Crippen LogP contribution is -2.29. The summed E-state index contributed by atoms with van der Waals surface area (Å²) in [6, 6.07) is 19.3. The van der Waals surface area contributed by atoms with Crippen LogP contribution in [0.2, 0.25) is 5.02 Å². The van der Waals surface area contributed by atoms with Crippen LogP contribution < -0.4 is 9.62 Å². The smallest absolute Gasteiger partial charge is 0.255 e. The van der Waals surface area contributed by atoms with Gasteiger partial charge in [-0.2, -0.15) is 0 Å². The van der Waals surface area contributed by atoms with Gasteiger partial charge in [-0.15, -0.1) is 0 Å². The van der Waals surface area contributed by atoms with Crippen molar-refractivity contribution in [2.45, 2.75) is 13.5 Å². The van der Waals surface area contributed by atoms with Gasteiger partial charge in [0.2, 0.25) is 10.0 Å². The Kier molecular flexibility index (Phi) is 6.85. The first-order valence-electron chi connectivity index (χ1n) is 9.03. The molecule has 0 bridgehead atoms. The van der Waals surface area contributed by atoms with E-state index in [2.05, 4.69) is 21.2 Å². The SMILES string of the molecule is Cc1cccc(N(Cc2ccc(C(=O)Nc3ccc(Br)c(Cl)c3)cc2)S(C)(=O)=O)c1. The predicted octanol–water partition coefficient (Wildman–Crippen LogP) is 5.63. The topological polar surface area (TPSA) is 66.5 Å². The van der Waals surface area contributed by atoms with E-state index < -0.39 is 10.0 Å². The minimum absolute atomic E-state index is 0.173. The molecule has 0 aromatic heterocycles. The number of nitrogens with zero attached hydrogens (tertiary/aromatic N) is 1. The number of halogens is 2. The Bertz CT molecular complexity index is 1180. The van der Waals surface area contributed by atoms with Crippen LogP contribution in [0.3, 0.4) is 0 Å². The lowest BCUT2D eigenvalue weighted by Gasteiger charge is -2.23. The molecule has 30 heavy (non-hydrogen) atoms. The fraction of sp³-hybridized carbons (Fsp3) is 0.136. The van der Waals surface area contributed by atoms with Crippen molar-refractivity contribution in [3.05, 3.63) is 92.9 Å². The largest absolute Gasteiger partial charge is 0.322 e. The first-order chi connectivity index (χ1) is 14.1. The highest BCUT2D eigenvalue weighted by Crippen LogP contribution is 2.26. The third-order valence-electron chi connectivity index (χ3n) is 4.41. The van der Waals surface area contributed by atoms with Crippen LogP contribution in [0.15, 0.2) is 71.2 Å². The summed E-state index contributed by atoms with van der Waals surface area (Å²) >= 11 is 9.37. The number of nitrogens with one attached hydrogen (secondary N) is 1. The zero-order valence-corrected chi connectivity index (χ0v) is 19.6. The summed E-state index contributed by atoms with van der Waals surface area (Å²) in [7, 11) is -3.47. The molecule has 0 atom stereocenters. The third-order valence-corrected chi connectivity index (χ3v) is 6.78. The van der Waals surface area contributed by atoms with Gasteiger partial charge in [0.05, 0.1) is 23.5 Å². The van der Waals surface area contributed by atoms with E-state index in [1.807, 2.05) is 25.1 Å². The van der Waals surface area contributed by atoms with Gasteiger partial charge in [-0.1, -0.05) is 35.9 Å². The zero-order valence-electron chi connectivity index (χ0n) is 16.4. The number of benzene rings is 3. The lowest BCUT2D eigenvalue weighted by atomic mass is 10.1. The molecule has 3 aromatic rings. The standard InChI is InChI=1S/C22H20BrClN2O3S/c1-15-4-3-5-19(12-15)26(30(2,28)29)14-16-6-8-17(9-7-16)22(27)25-18-10-11-20(23)21(24)13-18/h3-13H,14H2,1-2H3,(H,25,27). The summed E-state index contributed by atoms with van der Waals surface area (Å²) < 4.78 is 26.7. The van der Waals surface area contributed by atoms with E-state index in [4.69, 9.17) is 11.6 Å². The molecule has 156 valence electrons. The van der Waals surface area contributed by atoms with E-state index in [9.17, 15) is 13.2 Å². The van der Waals surface area contributed by atoms with Gasteiger partial charge in [0.15, 0.2) is 0 Å². The van der Waals surface area contributed by atoms with E-state index in [1.54, 1.807) is 48.5 Å². The molecular formula is C22H20BrClN2O3S. The van der Waals surface area contributed by atoms with Crippen molar-refractivity contribution in [2.24, 2.45) is 0 Å². The van der Waals surface area contributed by atoms with Crippen LogP contribution in [0.5, 0.6) is 0 Å². The fourth-order valence-corrected chi connectivity index (χ4v) is 4.19. The number of hydrogen-bond donors (Lipinski definition) is 1. The van der Waals surface area contributed by atoms with Gasteiger partial charge in [-0.25, -0.2) is 8.42 Å². The maximum Gasteiger partial charge on any atom is 0.255 e. The minimum atomic E-state index is -3.47. The number of carbonyl (C=O) groups excluding carboxylic acids is 1. The molecule has 0 heterocycles. The molecule has 8 heteroatoms. The van der Waals surface area contributed by atoms with Crippen LogP contribution in [-0.4, -0.2) is 20.6 Å². The summed E-state index contributed by atoms with van der Waals surface area (Å²) in [4.78, 5) is 12.5. The molecule has 0 saturated carbocycles. The van der Waals surface area contributed by atoms with Crippen molar-refractivity contribution in [3.63, 3.8) is 0 Å². The quantitative estimate of drug-likeness (QED) is 0.470. The Morgan fingerprint density at radius 1 is 1.07 bits per heavy atom. The van der Waals surface area contributed by atoms with Gasteiger partial charge >= 0.3 is 0 Å². The molecule has 1 N–H and O–H groups in total. The fourth-order valence-electron chi connectivity index (χ4n) is 2.89. The molecule has 3 aromatic carbocycles. The molecule has 0 aliphatic heterocycles. The maximum atomic E-state index is 12.5. The lowest BCUT2D eigenvalue weighted by molar-refractivity contribution is 0.102. The first-order valence-corrected chi connectivity index (χ1v) is 12.0. The maximum absolute atomic E-state index is 12.5. The summed E-state index contributed by atoms with van der Waals surface area (Å²) in [5.74, 6) is -0.279. The normalized spacial score (nSPS) is 11.2. The molecule has 0 aliphatic rings. The van der Waals surface area contributed by atoms with Crippen molar-refractivity contribution in [1.29, 1.82) is 0 Å². The van der Waals surface area contributed by atoms with Gasteiger partial charge in [0, 0.05) is 15.7 Å². The van der Waals surface area contributed by atoms with Crippen LogP contribution in [0.1, 0.15) is 21.5 Å².